The Morgan fingerprint density at radius 2 is 2.44 bits per heavy atom. The maximum absolute atomic E-state index is 11.5. The number of rotatable bonds is 6. The topological polar surface area (TPSA) is 75.3 Å². The largest absolute Gasteiger partial charge is 0.467 e. The summed E-state index contributed by atoms with van der Waals surface area (Å²) in [5.74, 6) is 0.349. The summed E-state index contributed by atoms with van der Waals surface area (Å²) < 4.78 is 10.0. The molecule has 5 nitrogen and oxygen atoms in total. The molecule has 1 heterocycles. The SMILES string of the molecule is CC(C)COC(=O)C(C#N)=CNCc1ccco1. The van der Waals surface area contributed by atoms with Crippen molar-refractivity contribution in [3.05, 3.63) is 35.9 Å². The predicted octanol–water partition coefficient (Wildman–Crippen LogP) is 1.98. The summed E-state index contributed by atoms with van der Waals surface area (Å²) in [5, 5.41) is 11.7. The summed E-state index contributed by atoms with van der Waals surface area (Å²) in [6, 6.07) is 5.36. The number of carbonyl (C=O) groups excluding carboxylic acids is 1. The number of hydrogen-bond acceptors (Lipinski definition) is 5. The first-order valence-electron chi connectivity index (χ1n) is 5.66. The van der Waals surface area contributed by atoms with E-state index >= 15 is 0 Å². The van der Waals surface area contributed by atoms with Crippen LogP contribution in [0.1, 0.15) is 19.6 Å². The van der Waals surface area contributed by atoms with Crippen LogP contribution in [0.3, 0.4) is 0 Å². The molecule has 0 aliphatic carbocycles. The van der Waals surface area contributed by atoms with E-state index in [2.05, 4.69) is 5.32 Å². The molecule has 0 fully saturated rings. The zero-order valence-electron chi connectivity index (χ0n) is 10.5. The molecule has 5 heteroatoms. The van der Waals surface area contributed by atoms with Crippen LogP contribution in [-0.4, -0.2) is 12.6 Å². The second-order valence-corrected chi connectivity index (χ2v) is 4.12. The highest BCUT2D eigenvalue weighted by atomic mass is 16.5. The van der Waals surface area contributed by atoms with Gasteiger partial charge in [-0.15, -0.1) is 0 Å². The van der Waals surface area contributed by atoms with Crippen molar-refractivity contribution in [1.82, 2.24) is 5.32 Å². The van der Waals surface area contributed by atoms with Crippen molar-refractivity contribution in [3.63, 3.8) is 0 Å². The van der Waals surface area contributed by atoms with Gasteiger partial charge in [0.05, 0.1) is 19.4 Å². The zero-order chi connectivity index (χ0) is 13.4. The molecule has 1 aromatic heterocycles. The van der Waals surface area contributed by atoms with Gasteiger partial charge in [0, 0.05) is 6.20 Å². The second kappa shape index (κ2) is 7.17. The Balaban J connectivity index is 2.44. The highest BCUT2D eigenvalue weighted by Gasteiger charge is 2.10. The normalized spacial score (nSPS) is 11.1. The first-order valence-corrected chi connectivity index (χ1v) is 5.66. The lowest BCUT2D eigenvalue weighted by molar-refractivity contribution is -0.139. The highest BCUT2D eigenvalue weighted by molar-refractivity contribution is 5.92. The van der Waals surface area contributed by atoms with Gasteiger partial charge in [-0.05, 0) is 18.1 Å². The van der Waals surface area contributed by atoms with E-state index < -0.39 is 5.97 Å². The number of nitrogens with one attached hydrogen (secondary N) is 1. The van der Waals surface area contributed by atoms with Gasteiger partial charge in [-0.1, -0.05) is 13.8 Å². The van der Waals surface area contributed by atoms with Crippen molar-refractivity contribution >= 4 is 5.97 Å². The molecule has 0 amide bonds. The summed E-state index contributed by atoms with van der Waals surface area (Å²) >= 11 is 0. The number of nitrogens with zero attached hydrogens (tertiary/aromatic N) is 1. The number of ether oxygens (including phenoxy) is 1. The summed E-state index contributed by atoms with van der Waals surface area (Å²) in [4.78, 5) is 11.5. The van der Waals surface area contributed by atoms with Crippen LogP contribution in [0.4, 0.5) is 0 Å². The fourth-order valence-corrected chi connectivity index (χ4v) is 1.12. The van der Waals surface area contributed by atoms with Crippen LogP contribution >= 0.6 is 0 Å². The maximum atomic E-state index is 11.5. The van der Waals surface area contributed by atoms with E-state index in [1.807, 2.05) is 13.8 Å². The summed E-state index contributed by atoms with van der Waals surface area (Å²) in [5.41, 5.74) is -0.0535. The summed E-state index contributed by atoms with van der Waals surface area (Å²) in [6.45, 7) is 4.57. The number of carbonyl (C=O) groups is 1. The molecule has 96 valence electrons. The summed E-state index contributed by atoms with van der Waals surface area (Å²) in [7, 11) is 0. The molecule has 18 heavy (non-hydrogen) atoms. The monoisotopic (exact) mass is 248 g/mol. The van der Waals surface area contributed by atoms with Crippen molar-refractivity contribution in [3.8, 4) is 6.07 Å². The van der Waals surface area contributed by atoms with E-state index in [-0.39, 0.29) is 11.5 Å². The second-order valence-electron chi connectivity index (χ2n) is 4.12. The van der Waals surface area contributed by atoms with Gasteiger partial charge in [-0.3, -0.25) is 0 Å². The van der Waals surface area contributed by atoms with Crippen LogP contribution in [0.5, 0.6) is 0 Å². The molecule has 0 aliphatic heterocycles. The Kier molecular flexibility index (Phi) is 5.52. The van der Waals surface area contributed by atoms with Crippen molar-refractivity contribution in [2.75, 3.05) is 6.61 Å². The van der Waals surface area contributed by atoms with Gasteiger partial charge >= 0.3 is 5.97 Å². The lowest BCUT2D eigenvalue weighted by Crippen LogP contribution is -2.14. The van der Waals surface area contributed by atoms with Gasteiger partial charge < -0.3 is 14.5 Å². The smallest absolute Gasteiger partial charge is 0.350 e. The van der Waals surface area contributed by atoms with Crippen LogP contribution in [-0.2, 0) is 16.1 Å². The molecule has 1 rings (SSSR count). The van der Waals surface area contributed by atoms with Gasteiger partial charge in [0.1, 0.15) is 11.8 Å². The maximum Gasteiger partial charge on any atom is 0.350 e. The third-order valence-corrected chi connectivity index (χ3v) is 1.99. The molecule has 0 unspecified atom stereocenters. The van der Waals surface area contributed by atoms with Crippen molar-refractivity contribution < 1.29 is 13.9 Å². The Labute approximate surface area is 106 Å². The van der Waals surface area contributed by atoms with Crippen molar-refractivity contribution in [2.24, 2.45) is 5.92 Å². The van der Waals surface area contributed by atoms with Crippen molar-refractivity contribution in [1.29, 1.82) is 5.26 Å². The molecule has 0 atom stereocenters. The number of hydrogen-bond donors (Lipinski definition) is 1. The zero-order valence-corrected chi connectivity index (χ0v) is 10.5. The van der Waals surface area contributed by atoms with Crippen LogP contribution in [0.15, 0.2) is 34.6 Å². The fourth-order valence-electron chi connectivity index (χ4n) is 1.12. The van der Waals surface area contributed by atoms with Crippen LogP contribution < -0.4 is 5.32 Å². The average molecular weight is 248 g/mol. The standard InChI is InChI=1S/C13H16N2O3/c1-10(2)9-18-13(16)11(6-14)7-15-8-12-4-3-5-17-12/h3-5,7,10,15H,8-9H2,1-2H3. The highest BCUT2D eigenvalue weighted by Crippen LogP contribution is 2.01. The van der Waals surface area contributed by atoms with Gasteiger partial charge in [0.15, 0.2) is 5.57 Å². The molecule has 0 saturated carbocycles. The number of furan rings is 1. The van der Waals surface area contributed by atoms with Crippen LogP contribution in [0.25, 0.3) is 0 Å². The van der Waals surface area contributed by atoms with Gasteiger partial charge in [-0.25, -0.2) is 4.79 Å². The third-order valence-electron chi connectivity index (χ3n) is 1.99. The molecule has 0 aromatic carbocycles. The molecular formula is C13H16N2O3. The lowest BCUT2D eigenvalue weighted by Gasteiger charge is -2.06. The Morgan fingerprint density at radius 1 is 1.67 bits per heavy atom. The molecule has 0 bridgehead atoms. The molecular weight excluding hydrogens is 232 g/mol. The molecule has 0 radical (unpaired) electrons. The molecule has 1 aromatic rings. The fraction of sp³-hybridized carbons (Fsp3) is 0.385. The predicted molar refractivity (Wildman–Crippen MR) is 65.0 cm³/mol. The summed E-state index contributed by atoms with van der Waals surface area (Å²) in [6.07, 6.45) is 2.90. The number of esters is 1. The minimum atomic E-state index is -0.613. The minimum Gasteiger partial charge on any atom is -0.467 e. The van der Waals surface area contributed by atoms with Crippen molar-refractivity contribution in [2.45, 2.75) is 20.4 Å². The van der Waals surface area contributed by atoms with Gasteiger partial charge in [0.2, 0.25) is 0 Å². The van der Waals surface area contributed by atoms with Gasteiger partial charge in [0.25, 0.3) is 0 Å². The molecule has 0 aliphatic rings. The quantitative estimate of drug-likeness (QED) is 0.473. The Bertz CT molecular complexity index is 441. The first kappa shape index (κ1) is 13.8. The number of nitriles is 1. The lowest BCUT2D eigenvalue weighted by atomic mass is 10.2. The molecule has 1 N–H and O–H groups in total. The van der Waals surface area contributed by atoms with E-state index in [1.54, 1.807) is 24.5 Å². The average Bonchev–Trinajstić information content (AvgIpc) is 2.84. The van der Waals surface area contributed by atoms with E-state index in [1.165, 1.54) is 6.20 Å². The van der Waals surface area contributed by atoms with E-state index in [0.717, 1.165) is 5.76 Å². The van der Waals surface area contributed by atoms with Crippen LogP contribution in [0.2, 0.25) is 0 Å². The van der Waals surface area contributed by atoms with E-state index in [0.29, 0.717) is 13.2 Å². The minimum absolute atomic E-state index is 0.0535. The van der Waals surface area contributed by atoms with Gasteiger partial charge in [-0.2, -0.15) is 5.26 Å². The van der Waals surface area contributed by atoms with Crippen LogP contribution in [0, 0.1) is 17.2 Å². The molecule has 0 saturated heterocycles. The Hall–Kier alpha value is -2.22. The van der Waals surface area contributed by atoms with E-state index in [9.17, 15) is 4.79 Å². The van der Waals surface area contributed by atoms with E-state index in [4.69, 9.17) is 14.4 Å². The first-order chi connectivity index (χ1) is 8.63. The molecule has 0 spiro atoms. The Morgan fingerprint density at radius 3 is 3.00 bits per heavy atom. The third kappa shape index (κ3) is 4.74.